The molecule has 3 heterocycles. The molecule has 8 nitrogen and oxygen atoms in total. The van der Waals surface area contributed by atoms with Crippen LogP contribution in [0.15, 0.2) is 48.7 Å². The smallest absolute Gasteiger partial charge is 0.268 e. The molecule has 0 unspecified atom stereocenters. The molecule has 36 heavy (non-hydrogen) atoms. The van der Waals surface area contributed by atoms with Crippen molar-refractivity contribution >= 4 is 28.6 Å². The number of hydrogen-bond donors (Lipinski definition) is 2. The normalized spacial score (nSPS) is 18.3. The third kappa shape index (κ3) is 4.35. The van der Waals surface area contributed by atoms with Crippen molar-refractivity contribution in [2.24, 2.45) is 0 Å². The Bertz CT molecular complexity index is 1450. The lowest BCUT2D eigenvalue weighted by Crippen LogP contribution is -2.43. The Kier molecular flexibility index (Phi) is 5.84. The van der Waals surface area contributed by atoms with Gasteiger partial charge in [-0.3, -0.25) is 19.4 Å². The predicted octanol–water partition coefficient (Wildman–Crippen LogP) is 2.68. The topological polar surface area (TPSA) is 115 Å². The number of halogens is 2. The van der Waals surface area contributed by atoms with Gasteiger partial charge in [0.1, 0.15) is 6.04 Å². The molecule has 1 fully saturated rings. The van der Waals surface area contributed by atoms with E-state index in [0.717, 1.165) is 28.0 Å². The van der Waals surface area contributed by atoms with Crippen LogP contribution in [0.5, 0.6) is 0 Å². The molecule has 3 aromatic rings. The summed E-state index contributed by atoms with van der Waals surface area (Å²) in [5.74, 6) is -4.58. The summed E-state index contributed by atoms with van der Waals surface area (Å²) in [6, 6.07) is 13.0. The maximum absolute atomic E-state index is 13.7. The predicted molar refractivity (Wildman–Crippen MR) is 126 cm³/mol. The number of hydrogen-bond acceptors (Lipinski definition) is 5. The van der Waals surface area contributed by atoms with E-state index in [9.17, 15) is 23.2 Å². The van der Waals surface area contributed by atoms with Gasteiger partial charge < -0.3 is 15.5 Å². The van der Waals surface area contributed by atoms with Crippen molar-refractivity contribution in [3.05, 3.63) is 65.4 Å². The zero-order valence-corrected chi connectivity index (χ0v) is 19.1. The Morgan fingerprint density at radius 2 is 1.97 bits per heavy atom. The molecule has 10 heteroatoms. The summed E-state index contributed by atoms with van der Waals surface area (Å²) in [5, 5.41) is 14.9. The molecule has 182 valence electrons. The minimum Gasteiger partial charge on any atom is -0.352 e. The first-order chi connectivity index (χ1) is 17.3. The third-order valence-electron chi connectivity index (χ3n) is 6.49. The van der Waals surface area contributed by atoms with Gasteiger partial charge in [-0.1, -0.05) is 18.2 Å². The summed E-state index contributed by atoms with van der Waals surface area (Å²) in [6.07, 6.45) is 1.51. The molecule has 0 bridgehead atoms. The SMILES string of the molecule is N#C[C@@H]1CC(F)(F)CN1C(=O)CNC(=O)c1ccnc2ccc(-c3ccc4c(c3)C(=O)NCC4)cc12. The molecule has 1 aromatic heterocycles. The minimum absolute atomic E-state index is 0.125. The molecule has 0 spiro atoms. The number of nitrogens with one attached hydrogen (secondary N) is 2. The van der Waals surface area contributed by atoms with Crippen molar-refractivity contribution in [3.63, 3.8) is 0 Å². The summed E-state index contributed by atoms with van der Waals surface area (Å²) in [5.41, 5.74) is 3.98. The van der Waals surface area contributed by atoms with E-state index >= 15 is 0 Å². The molecular weight excluding hydrogens is 468 g/mol. The molecule has 2 aliphatic rings. The van der Waals surface area contributed by atoms with Gasteiger partial charge >= 0.3 is 0 Å². The van der Waals surface area contributed by atoms with E-state index in [1.165, 1.54) is 12.3 Å². The Hall–Kier alpha value is -4.39. The van der Waals surface area contributed by atoms with Crippen molar-refractivity contribution in [1.29, 1.82) is 5.26 Å². The van der Waals surface area contributed by atoms with Crippen LogP contribution < -0.4 is 10.6 Å². The van der Waals surface area contributed by atoms with E-state index < -0.39 is 43.3 Å². The quantitative estimate of drug-likeness (QED) is 0.585. The zero-order valence-electron chi connectivity index (χ0n) is 19.1. The maximum atomic E-state index is 13.7. The third-order valence-corrected chi connectivity index (χ3v) is 6.49. The van der Waals surface area contributed by atoms with Crippen molar-refractivity contribution in [2.45, 2.75) is 24.8 Å². The van der Waals surface area contributed by atoms with Gasteiger partial charge in [-0.15, -0.1) is 0 Å². The first kappa shape index (κ1) is 23.4. The number of likely N-dealkylation sites (tertiary alicyclic amines) is 1. The lowest BCUT2D eigenvalue weighted by molar-refractivity contribution is -0.131. The van der Waals surface area contributed by atoms with Gasteiger partial charge in [-0.2, -0.15) is 5.26 Å². The van der Waals surface area contributed by atoms with Crippen LogP contribution in [0.25, 0.3) is 22.0 Å². The van der Waals surface area contributed by atoms with Gasteiger partial charge in [0.15, 0.2) is 0 Å². The Balaban J connectivity index is 1.39. The fourth-order valence-corrected chi connectivity index (χ4v) is 4.66. The second-order valence-electron chi connectivity index (χ2n) is 8.88. The van der Waals surface area contributed by atoms with Crippen LogP contribution in [-0.4, -0.2) is 59.2 Å². The van der Waals surface area contributed by atoms with Gasteiger partial charge in [0.2, 0.25) is 5.91 Å². The average Bonchev–Trinajstić information content (AvgIpc) is 3.21. The molecule has 1 saturated heterocycles. The Morgan fingerprint density at radius 1 is 1.19 bits per heavy atom. The standard InChI is InChI=1S/C26H21F2N5O3/c27-26(28)11-18(12-29)33(14-26)23(34)13-32-24(35)19-6-8-30-22-4-3-17(10-21(19)22)16-2-1-15-5-7-31-25(36)20(15)9-16/h1-4,6,8-10,18H,5,7,11,13-14H2,(H,31,36)(H,32,35)/t18-/m0/s1. The van der Waals surface area contributed by atoms with Gasteiger partial charge in [0, 0.05) is 30.1 Å². The fourth-order valence-electron chi connectivity index (χ4n) is 4.66. The van der Waals surface area contributed by atoms with Gasteiger partial charge in [-0.05, 0) is 47.4 Å². The first-order valence-corrected chi connectivity index (χ1v) is 11.4. The Morgan fingerprint density at radius 3 is 2.78 bits per heavy atom. The minimum atomic E-state index is -3.13. The summed E-state index contributed by atoms with van der Waals surface area (Å²) in [7, 11) is 0. The van der Waals surface area contributed by atoms with Crippen LogP contribution in [0.2, 0.25) is 0 Å². The molecule has 1 atom stereocenters. The van der Waals surface area contributed by atoms with E-state index in [2.05, 4.69) is 15.6 Å². The summed E-state index contributed by atoms with van der Waals surface area (Å²) < 4.78 is 27.3. The number of nitrogens with zero attached hydrogens (tertiary/aromatic N) is 3. The lowest BCUT2D eigenvalue weighted by atomic mass is 9.94. The van der Waals surface area contributed by atoms with Gasteiger partial charge in [0.05, 0.1) is 30.2 Å². The second kappa shape index (κ2) is 9.00. The largest absolute Gasteiger partial charge is 0.352 e. The zero-order chi connectivity index (χ0) is 25.4. The number of nitriles is 1. The highest BCUT2D eigenvalue weighted by atomic mass is 19.3. The maximum Gasteiger partial charge on any atom is 0.268 e. The van der Waals surface area contributed by atoms with E-state index in [1.54, 1.807) is 18.2 Å². The molecule has 2 aliphatic heterocycles. The molecule has 0 aliphatic carbocycles. The summed E-state index contributed by atoms with van der Waals surface area (Å²) in [6.45, 7) is -0.762. The molecule has 2 aromatic carbocycles. The summed E-state index contributed by atoms with van der Waals surface area (Å²) in [4.78, 5) is 42.8. The van der Waals surface area contributed by atoms with E-state index in [-0.39, 0.29) is 11.5 Å². The average molecular weight is 489 g/mol. The van der Waals surface area contributed by atoms with Crippen molar-refractivity contribution in [1.82, 2.24) is 20.5 Å². The van der Waals surface area contributed by atoms with Crippen molar-refractivity contribution < 1.29 is 23.2 Å². The van der Waals surface area contributed by atoms with Crippen LogP contribution >= 0.6 is 0 Å². The summed E-state index contributed by atoms with van der Waals surface area (Å²) >= 11 is 0. The number of fused-ring (bicyclic) bond motifs is 2. The van der Waals surface area contributed by atoms with Crippen molar-refractivity contribution in [2.75, 3.05) is 19.6 Å². The van der Waals surface area contributed by atoms with Crippen LogP contribution in [0, 0.1) is 11.3 Å². The highest BCUT2D eigenvalue weighted by molar-refractivity contribution is 6.08. The second-order valence-corrected chi connectivity index (χ2v) is 8.88. The molecule has 0 saturated carbocycles. The number of alkyl halides is 2. The van der Waals surface area contributed by atoms with E-state index in [1.807, 2.05) is 24.3 Å². The highest BCUT2D eigenvalue weighted by Crippen LogP contribution is 2.32. The number of amides is 3. The lowest BCUT2D eigenvalue weighted by Gasteiger charge is -2.19. The monoisotopic (exact) mass is 489 g/mol. The number of benzene rings is 2. The Labute approximate surface area is 204 Å². The van der Waals surface area contributed by atoms with Crippen LogP contribution in [0.3, 0.4) is 0 Å². The molecule has 2 N–H and O–H groups in total. The van der Waals surface area contributed by atoms with Crippen molar-refractivity contribution in [3.8, 4) is 17.2 Å². The van der Waals surface area contributed by atoms with E-state index in [4.69, 9.17) is 5.26 Å². The van der Waals surface area contributed by atoms with Crippen LogP contribution in [0.4, 0.5) is 8.78 Å². The number of carbonyl (C=O) groups is 3. The molecular formula is C26H21F2N5O3. The fraction of sp³-hybridized carbons (Fsp3) is 0.269. The number of aromatic nitrogens is 1. The number of pyridine rings is 1. The molecule has 3 amide bonds. The first-order valence-electron chi connectivity index (χ1n) is 11.4. The highest BCUT2D eigenvalue weighted by Gasteiger charge is 2.47. The van der Waals surface area contributed by atoms with Gasteiger partial charge in [0.25, 0.3) is 17.7 Å². The number of carbonyl (C=O) groups excluding carboxylic acids is 3. The molecule has 0 radical (unpaired) electrons. The van der Waals surface area contributed by atoms with Crippen LogP contribution in [-0.2, 0) is 11.2 Å². The van der Waals surface area contributed by atoms with Crippen LogP contribution in [0.1, 0.15) is 32.7 Å². The van der Waals surface area contributed by atoms with E-state index in [0.29, 0.717) is 23.0 Å². The van der Waals surface area contributed by atoms with Gasteiger partial charge in [-0.25, -0.2) is 8.78 Å². The number of rotatable bonds is 4. The molecule has 5 rings (SSSR count).